The van der Waals surface area contributed by atoms with Gasteiger partial charge in [-0.3, -0.25) is 19.2 Å². The Morgan fingerprint density at radius 3 is 1.68 bits per heavy atom. The Balaban J connectivity index is 2.24. The molecule has 4 unspecified atom stereocenters. The number of aromatic amines is 2. The number of carbonyl (C=O) groups is 5. The standard InChI is InChI=1S/C22H32N8O7/c1-11(2)3-17(22(36)37)30-21(35)16(5-13-8-25-10-27-13)29-20(34)15(4-12-7-24-9-26-12)28-19(33)14(23)6-18(31)32/h7-11,14-17H,3-6,23H2,1-2H3,(H,24,26)(H,25,27)(H,28,33)(H,29,34)(H,30,35)(H,31,32)(H,36,37). The number of imidazole rings is 2. The molecule has 0 aromatic carbocycles. The molecule has 0 aliphatic heterocycles. The van der Waals surface area contributed by atoms with Gasteiger partial charge < -0.3 is 41.9 Å². The summed E-state index contributed by atoms with van der Waals surface area (Å²) in [4.78, 5) is 74.7. The average Bonchev–Trinajstić information content (AvgIpc) is 3.51. The number of nitrogens with two attached hydrogens (primary N) is 1. The molecule has 2 aromatic rings. The Morgan fingerprint density at radius 2 is 1.30 bits per heavy atom. The van der Waals surface area contributed by atoms with Crippen molar-refractivity contribution in [1.82, 2.24) is 35.9 Å². The van der Waals surface area contributed by atoms with Gasteiger partial charge in [0.2, 0.25) is 17.7 Å². The summed E-state index contributed by atoms with van der Waals surface area (Å²) in [5.41, 5.74) is 6.60. The Labute approximate surface area is 212 Å². The fourth-order valence-electron chi connectivity index (χ4n) is 3.45. The summed E-state index contributed by atoms with van der Waals surface area (Å²) < 4.78 is 0. The molecular formula is C22H32N8O7. The highest BCUT2D eigenvalue weighted by Gasteiger charge is 2.31. The molecule has 0 spiro atoms. The van der Waals surface area contributed by atoms with Crippen molar-refractivity contribution in [3.8, 4) is 0 Å². The van der Waals surface area contributed by atoms with Crippen molar-refractivity contribution in [2.45, 2.75) is 63.7 Å². The highest BCUT2D eigenvalue weighted by molar-refractivity contribution is 5.95. The first-order valence-electron chi connectivity index (χ1n) is 11.5. The van der Waals surface area contributed by atoms with E-state index in [9.17, 15) is 29.1 Å². The number of nitrogens with one attached hydrogen (secondary N) is 5. The van der Waals surface area contributed by atoms with Gasteiger partial charge in [-0.05, 0) is 12.3 Å². The minimum atomic E-state index is -1.41. The summed E-state index contributed by atoms with van der Waals surface area (Å²) in [6.45, 7) is 3.62. The summed E-state index contributed by atoms with van der Waals surface area (Å²) in [7, 11) is 0. The second kappa shape index (κ2) is 13.7. The van der Waals surface area contributed by atoms with Crippen molar-refractivity contribution in [3.63, 3.8) is 0 Å². The van der Waals surface area contributed by atoms with Crippen molar-refractivity contribution in [2.75, 3.05) is 0 Å². The third kappa shape index (κ3) is 9.71. The van der Waals surface area contributed by atoms with Gasteiger partial charge in [0.05, 0.1) is 25.1 Å². The molecule has 0 saturated heterocycles. The third-order valence-corrected chi connectivity index (χ3v) is 5.28. The van der Waals surface area contributed by atoms with Gasteiger partial charge in [0.1, 0.15) is 18.1 Å². The van der Waals surface area contributed by atoms with E-state index in [1.165, 1.54) is 25.0 Å². The van der Waals surface area contributed by atoms with E-state index in [1.54, 1.807) is 0 Å². The second-order valence-corrected chi connectivity index (χ2v) is 8.92. The number of carboxylic acid groups (broad SMARTS) is 2. The van der Waals surface area contributed by atoms with Gasteiger partial charge in [-0.1, -0.05) is 13.8 Å². The van der Waals surface area contributed by atoms with Crippen LogP contribution in [-0.4, -0.2) is 84.0 Å². The van der Waals surface area contributed by atoms with Gasteiger partial charge in [0, 0.05) is 36.6 Å². The highest BCUT2D eigenvalue weighted by atomic mass is 16.4. The van der Waals surface area contributed by atoms with Crippen LogP contribution in [0.5, 0.6) is 0 Å². The number of hydrogen-bond acceptors (Lipinski definition) is 8. The molecule has 2 aromatic heterocycles. The number of hydrogen-bond donors (Lipinski definition) is 8. The SMILES string of the molecule is CC(C)CC(NC(=O)C(Cc1cnc[nH]1)NC(=O)C(Cc1cnc[nH]1)NC(=O)C(N)CC(=O)O)C(=O)O. The first kappa shape index (κ1) is 29.0. The molecular weight excluding hydrogens is 488 g/mol. The van der Waals surface area contributed by atoms with E-state index in [4.69, 9.17) is 10.8 Å². The number of rotatable bonds is 15. The first-order chi connectivity index (χ1) is 17.5. The summed E-state index contributed by atoms with van der Waals surface area (Å²) >= 11 is 0. The Morgan fingerprint density at radius 1 is 0.838 bits per heavy atom. The lowest BCUT2D eigenvalue weighted by Gasteiger charge is -2.25. The van der Waals surface area contributed by atoms with E-state index in [-0.39, 0.29) is 25.2 Å². The van der Waals surface area contributed by atoms with Crippen LogP contribution in [0.4, 0.5) is 0 Å². The van der Waals surface area contributed by atoms with Crippen LogP contribution in [0, 0.1) is 5.92 Å². The maximum absolute atomic E-state index is 13.3. The maximum Gasteiger partial charge on any atom is 0.326 e. The van der Waals surface area contributed by atoms with Crippen molar-refractivity contribution < 1.29 is 34.2 Å². The monoisotopic (exact) mass is 520 g/mol. The second-order valence-electron chi connectivity index (χ2n) is 8.92. The Kier molecular flexibility index (Phi) is 10.7. The van der Waals surface area contributed by atoms with Crippen LogP contribution in [-0.2, 0) is 36.8 Å². The van der Waals surface area contributed by atoms with Crippen LogP contribution < -0.4 is 21.7 Å². The van der Waals surface area contributed by atoms with Gasteiger partial charge in [0.25, 0.3) is 0 Å². The van der Waals surface area contributed by atoms with Crippen LogP contribution in [0.25, 0.3) is 0 Å². The topological polar surface area (TPSA) is 245 Å². The van der Waals surface area contributed by atoms with E-state index >= 15 is 0 Å². The molecule has 0 bridgehead atoms. The van der Waals surface area contributed by atoms with Gasteiger partial charge >= 0.3 is 11.9 Å². The molecule has 2 heterocycles. The van der Waals surface area contributed by atoms with Gasteiger partial charge in [-0.15, -0.1) is 0 Å². The molecule has 0 fully saturated rings. The molecule has 3 amide bonds. The van der Waals surface area contributed by atoms with E-state index in [0.29, 0.717) is 11.4 Å². The molecule has 15 heteroatoms. The molecule has 0 saturated carbocycles. The average molecular weight is 521 g/mol. The summed E-state index contributed by atoms with van der Waals surface area (Å²) in [5, 5.41) is 25.8. The Bertz CT molecular complexity index is 1060. The zero-order chi connectivity index (χ0) is 27.5. The molecule has 4 atom stereocenters. The van der Waals surface area contributed by atoms with Crippen LogP contribution in [0.3, 0.4) is 0 Å². The molecule has 202 valence electrons. The van der Waals surface area contributed by atoms with E-state index in [2.05, 4.69) is 35.9 Å². The lowest BCUT2D eigenvalue weighted by atomic mass is 10.0. The summed E-state index contributed by atoms with van der Waals surface area (Å²) in [6.07, 6.45) is 5.04. The lowest BCUT2D eigenvalue weighted by Crippen LogP contribution is -2.58. The van der Waals surface area contributed by atoms with Crippen molar-refractivity contribution in [3.05, 3.63) is 36.4 Å². The van der Waals surface area contributed by atoms with Gasteiger partial charge in [-0.25, -0.2) is 14.8 Å². The normalized spacial score (nSPS) is 14.3. The number of aromatic nitrogens is 4. The molecule has 9 N–H and O–H groups in total. The fourth-order valence-corrected chi connectivity index (χ4v) is 3.45. The fraction of sp³-hybridized carbons (Fsp3) is 0.500. The minimum Gasteiger partial charge on any atom is -0.481 e. The maximum atomic E-state index is 13.3. The molecule has 0 radical (unpaired) electrons. The first-order valence-corrected chi connectivity index (χ1v) is 11.5. The van der Waals surface area contributed by atoms with Crippen molar-refractivity contribution in [1.29, 1.82) is 0 Å². The van der Waals surface area contributed by atoms with Crippen LogP contribution in [0.2, 0.25) is 0 Å². The number of carbonyl (C=O) groups excluding carboxylic acids is 3. The zero-order valence-corrected chi connectivity index (χ0v) is 20.4. The number of amides is 3. The Hall–Kier alpha value is -4.27. The van der Waals surface area contributed by atoms with Crippen LogP contribution >= 0.6 is 0 Å². The minimum absolute atomic E-state index is 0.0222. The highest BCUT2D eigenvalue weighted by Crippen LogP contribution is 2.08. The summed E-state index contributed by atoms with van der Waals surface area (Å²) in [6, 6.07) is -5.07. The quantitative estimate of drug-likeness (QED) is 0.132. The molecule has 37 heavy (non-hydrogen) atoms. The largest absolute Gasteiger partial charge is 0.481 e. The summed E-state index contributed by atoms with van der Waals surface area (Å²) in [5.74, 6) is -4.93. The number of carboxylic acids is 2. The number of nitrogens with zero attached hydrogens (tertiary/aromatic N) is 2. The van der Waals surface area contributed by atoms with E-state index in [1.807, 2.05) is 13.8 Å². The molecule has 2 rings (SSSR count). The van der Waals surface area contributed by atoms with E-state index in [0.717, 1.165) is 0 Å². The van der Waals surface area contributed by atoms with Gasteiger partial charge in [0.15, 0.2) is 0 Å². The molecule has 0 aliphatic rings. The van der Waals surface area contributed by atoms with Crippen molar-refractivity contribution in [2.24, 2.45) is 11.7 Å². The van der Waals surface area contributed by atoms with Crippen LogP contribution in [0.15, 0.2) is 25.0 Å². The number of aliphatic carboxylic acids is 2. The van der Waals surface area contributed by atoms with Gasteiger partial charge in [-0.2, -0.15) is 0 Å². The van der Waals surface area contributed by atoms with Crippen molar-refractivity contribution >= 4 is 29.7 Å². The molecule has 15 nitrogen and oxygen atoms in total. The van der Waals surface area contributed by atoms with Crippen LogP contribution in [0.1, 0.15) is 38.1 Å². The zero-order valence-electron chi connectivity index (χ0n) is 20.4. The molecule has 0 aliphatic carbocycles. The number of H-pyrrole nitrogens is 2. The predicted molar refractivity (Wildman–Crippen MR) is 128 cm³/mol. The third-order valence-electron chi connectivity index (χ3n) is 5.28. The predicted octanol–water partition coefficient (Wildman–Crippen LogP) is -1.69. The van der Waals surface area contributed by atoms with E-state index < -0.39 is 60.2 Å². The smallest absolute Gasteiger partial charge is 0.326 e. The lowest BCUT2D eigenvalue weighted by molar-refractivity contribution is -0.142.